The lowest BCUT2D eigenvalue weighted by Gasteiger charge is -2.14. The topological polar surface area (TPSA) is 51.8 Å². The second-order valence-electron chi connectivity index (χ2n) is 14.0. The van der Waals surface area contributed by atoms with Gasteiger partial charge in [0.05, 0.1) is 0 Å². The van der Waals surface area contributed by atoms with Gasteiger partial charge in [0.15, 0.2) is 17.5 Å². The van der Waals surface area contributed by atoms with E-state index < -0.39 is 0 Å². The molecule has 0 fully saturated rings. The number of benzene rings is 9. The third-order valence-electron chi connectivity index (χ3n) is 10.8. The van der Waals surface area contributed by atoms with Crippen molar-refractivity contribution in [2.45, 2.75) is 0 Å². The molecule has 256 valence electrons. The van der Waals surface area contributed by atoms with Crippen molar-refractivity contribution in [1.82, 2.24) is 15.0 Å². The molecule has 9 aromatic carbocycles. The van der Waals surface area contributed by atoms with Gasteiger partial charge in [-0.15, -0.1) is 0 Å². The van der Waals surface area contributed by atoms with Crippen LogP contribution < -0.4 is 0 Å². The summed E-state index contributed by atoms with van der Waals surface area (Å²) in [6.07, 6.45) is 0. The van der Waals surface area contributed by atoms with Gasteiger partial charge in [-0.1, -0.05) is 170 Å². The minimum Gasteiger partial charge on any atom is -0.456 e. The summed E-state index contributed by atoms with van der Waals surface area (Å²) in [4.78, 5) is 15.3. The van der Waals surface area contributed by atoms with Gasteiger partial charge in [0.25, 0.3) is 0 Å². The maximum atomic E-state index is 6.19. The van der Waals surface area contributed by atoms with E-state index in [1.807, 2.05) is 48.5 Å². The van der Waals surface area contributed by atoms with Crippen LogP contribution in [-0.2, 0) is 0 Å². The Bertz CT molecular complexity index is 3260. The van der Waals surface area contributed by atoms with Crippen LogP contribution >= 0.6 is 0 Å². The minimum atomic E-state index is 0.622. The highest BCUT2D eigenvalue weighted by Gasteiger charge is 2.17. The molecule has 0 atom stereocenters. The quantitative estimate of drug-likeness (QED) is 0.168. The van der Waals surface area contributed by atoms with Crippen LogP contribution in [0.5, 0.6) is 0 Å². The monoisotopic (exact) mass is 701 g/mol. The summed E-state index contributed by atoms with van der Waals surface area (Å²) >= 11 is 0. The highest BCUT2D eigenvalue weighted by atomic mass is 16.3. The Morgan fingerprint density at radius 2 is 0.782 bits per heavy atom. The van der Waals surface area contributed by atoms with Crippen LogP contribution in [0.1, 0.15) is 0 Å². The number of fused-ring (bicyclic) bond motifs is 7. The fraction of sp³-hybridized carbons (Fsp3) is 0. The molecule has 4 heteroatoms. The molecular weight excluding hydrogens is 671 g/mol. The number of para-hydroxylation sites is 1. The van der Waals surface area contributed by atoms with E-state index in [1.54, 1.807) is 0 Å². The summed E-state index contributed by atoms with van der Waals surface area (Å²) in [5.41, 5.74) is 9.14. The fourth-order valence-electron chi connectivity index (χ4n) is 8.07. The third-order valence-corrected chi connectivity index (χ3v) is 10.8. The van der Waals surface area contributed by atoms with E-state index in [0.29, 0.717) is 17.5 Å². The zero-order valence-corrected chi connectivity index (χ0v) is 29.6. The SMILES string of the molecule is c1ccc(-c2nc(-c3ccc(-c4ccc5c(c4)oc4ccccc45)cc3)nc(-c3cccc4c(-c5cccc6c5ccc5ccccc56)cccc34)n2)cc1. The van der Waals surface area contributed by atoms with Gasteiger partial charge in [-0.05, 0) is 72.8 Å². The van der Waals surface area contributed by atoms with Crippen molar-refractivity contribution in [3.63, 3.8) is 0 Å². The summed E-state index contributed by atoms with van der Waals surface area (Å²) < 4.78 is 6.19. The lowest BCUT2D eigenvalue weighted by Crippen LogP contribution is -2.00. The summed E-state index contributed by atoms with van der Waals surface area (Å²) in [6.45, 7) is 0. The van der Waals surface area contributed by atoms with Crippen LogP contribution in [0.3, 0.4) is 0 Å². The zero-order chi connectivity index (χ0) is 36.3. The average molecular weight is 702 g/mol. The highest BCUT2D eigenvalue weighted by molar-refractivity contribution is 6.15. The van der Waals surface area contributed by atoms with Gasteiger partial charge in [-0.3, -0.25) is 0 Å². The van der Waals surface area contributed by atoms with Crippen molar-refractivity contribution in [2.75, 3.05) is 0 Å². The van der Waals surface area contributed by atoms with Crippen molar-refractivity contribution in [3.8, 4) is 56.4 Å². The van der Waals surface area contributed by atoms with Crippen LogP contribution in [-0.4, -0.2) is 15.0 Å². The molecular formula is C51H31N3O. The van der Waals surface area contributed by atoms with Crippen molar-refractivity contribution in [2.24, 2.45) is 0 Å². The molecule has 0 bridgehead atoms. The molecule has 0 radical (unpaired) electrons. The zero-order valence-electron chi connectivity index (χ0n) is 29.6. The standard InChI is InChI=1S/C51H31N3O/c1-2-12-34(13-3-1)49-52-50(35-25-23-32(24-26-35)36-28-30-45-44-15-6-7-22-47(44)55-48(45)31-36)54-51(53-49)46-21-10-19-40-39(17-9-20-42(40)46)41-18-8-16-38-37-14-5-4-11-33(37)27-29-43(38)41/h1-31H. The van der Waals surface area contributed by atoms with E-state index in [-0.39, 0.29) is 0 Å². The highest BCUT2D eigenvalue weighted by Crippen LogP contribution is 2.39. The van der Waals surface area contributed by atoms with E-state index in [4.69, 9.17) is 19.4 Å². The smallest absolute Gasteiger partial charge is 0.164 e. The van der Waals surface area contributed by atoms with Crippen LogP contribution in [0.15, 0.2) is 192 Å². The molecule has 0 saturated carbocycles. The fourth-order valence-corrected chi connectivity index (χ4v) is 8.07. The van der Waals surface area contributed by atoms with E-state index in [2.05, 4.69) is 140 Å². The molecule has 2 aromatic heterocycles. The lowest BCUT2D eigenvalue weighted by atomic mass is 9.91. The lowest BCUT2D eigenvalue weighted by molar-refractivity contribution is 0.669. The molecule has 0 saturated heterocycles. The maximum Gasteiger partial charge on any atom is 0.164 e. The molecule has 0 aliphatic heterocycles. The van der Waals surface area contributed by atoms with Crippen molar-refractivity contribution in [3.05, 3.63) is 188 Å². The number of furan rings is 1. The van der Waals surface area contributed by atoms with Crippen LogP contribution in [0.4, 0.5) is 0 Å². The number of aromatic nitrogens is 3. The molecule has 0 N–H and O–H groups in total. The predicted molar refractivity (Wildman–Crippen MR) is 227 cm³/mol. The largest absolute Gasteiger partial charge is 0.456 e. The first kappa shape index (κ1) is 31.1. The molecule has 4 nitrogen and oxygen atoms in total. The van der Waals surface area contributed by atoms with Gasteiger partial charge < -0.3 is 4.42 Å². The average Bonchev–Trinajstić information content (AvgIpc) is 3.64. The molecule has 0 aliphatic carbocycles. The predicted octanol–water partition coefficient (Wildman–Crippen LogP) is 13.6. The van der Waals surface area contributed by atoms with Crippen molar-refractivity contribution < 1.29 is 4.42 Å². The number of nitrogens with zero attached hydrogens (tertiary/aromatic N) is 3. The van der Waals surface area contributed by atoms with Crippen molar-refractivity contribution >= 4 is 54.3 Å². The van der Waals surface area contributed by atoms with E-state index >= 15 is 0 Å². The molecule has 55 heavy (non-hydrogen) atoms. The van der Waals surface area contributed by atoms with Crippen molar-refractivity contribution in [1.29, 1.82) is 0 Å². The van der Waals surface area contributed by atoms with Gasteiger partial charge in [0.2, 0.25) is 0 Å². The molecule has 0 unspecified atom stereocenters. The van der Waals surface area contributed by atoms with E-state index in [9.17, 15) is 0 Å². The summed E-state index contributed by atoms with van der Waals surface area (Å²) in [5, 5.41) is 9.46. The maximum absolute atomic E-state index is 6.19. The first-order valence-corrected chi connectivity index (χ1v) is 18.5. The Morgan fingerprint density at radius 1 is 0.273 bits per heavy atom. The van der Waals surface area contributed by atoms with Crippen LogP contribution in [0.2, 0.25) is 0 Å². The Balaban J connectivity index is 1.03. The van der Waals surface area contributed by atoms with Crippen LogP contribution in [0, 0.1) is 0 Å². The molecule has 0 amide bonds. The molecule has 0 aliphatic rings. The third kappa shape index (κ3) is 5.26. The Kier molecular flexibility index (Phi) is 7.14. The second-order valence-corrected chi connectivity index (χ2v) is 14.0. The van der Waals surface area contributed by atoms with Crippen LogP contribution in [0.25, 0.3) is 111 Å². The Hall–Kier alpha value is -7.43. The van der Waals surface area contributed by atoms with Gasteiger partial charge in [-0.2, -0.15) is 0 Å². The number of rotatable bonds is 5. The molecule has 11 aromatic rings. The Labute approximate surface area is 317 Å². The second kappa shape index (κ2) is 12.6. The van der Waals surface area contributed by atoms with Gasteiger partial charge in [-0.25, -0.2) is 15.0 Å². The minimum absolute atomic E-state index is 0.622. The number of hydrogen-bond acceptors (Lipinski definition) is 4. The summed E-state index contributed by atoms with van der Waals surface area (Å²) in [6, 6.07) is 65.8. The first-order chi connectivity index (χ1) is 27.2. The van der Waals surface area contributed by atoms with E-state index in [1.165, 1.54) is 32.7 Å². The van der Waals surface area contributed by atoms with Gasteiger partial charge >= 0.3 is 0 Å². The normalized spacial score (nSPS) is 11.6. The van der Waals surface area contributed by atoms with Gasteiger partial charge in [0.1, 0.15) is 11.2 Å². The summed E-state index contributed by atoms with van der Waals surface area (Å²) in [5.74, 6) is 1.89. The molecule has 2 heterocycles. The van der Waals surface area contributed by atoms with E-state index in [0.717, 1.165) is 60.5 Å². The van der Waals surface area contributed by atoms with Gasteiger partial charge in [0, 0.05) is 27.5 Å². The molecule has 0 spiro atoms. The first-order valence-electron chi connectivity index (χ1n) is 18.5. The number of hydrogen-bond donors (Lipinski definition) is 0. The summed E-state index contributed by atoms with van der Waals surface area (Å²) in [7, 11) is 0. The molecule has 11 rings (SSSR count). The Morgan fingerprint density at radius 3 is 1.56 bits per heavy atom.